The third kappa shape index (κ3) is 1.44. The van der Waals surface area contributed by atoms with E-state index in [-0.39, 0.29) is 5.97 Å². The van der Waals surface area contributed by atoms with E-state index in [1.165, 1.54) is 11.3 Å². The van der Waals surface area contributed by atoms with Gasteiger partial charge in [-0.2, -0.15) is 0 Å². The second-order valence-corrected chi connectivity index (χ2v) is 5.39. The summed E-state index contributed by atoms with van der Waals surface area (Å²) in [4.78, 5) is 12.2. The first-order valence-electron chi connectivity index (χ1n) is 3.97. The number of cyclic esters (lactones) is 1. The van der Waals surface area contributed by atoms with Crippen molar-refractivity contribution in [3.05, 3.63) is 38.5 Å². The van der Waals surface area contributed by atoms with Crippen LogP contribution in [0.2, 0.25) is 0 Å². The van der Waals surface area contributed by atoms with Crippen LogP contribution in [0.4, 0.5) is 0 Å². The maximum atomic E-state index is 11.2. The molecule has 0 aromatic carbocycles. The Morgan fingerprint density at radius 2 is 2.21 bits per heavy atom. The predicted octanol–water partition coefficient (Wildman–Crippen LogP) is 3.35. The highest BCUT2D eigenvalue weighted by Gasteiger charge is 2.26. The van der Waals surface area contributed by atoms with Gasteiger partial charge < -0.3 is 4.74 Å². The van der Waals surface area contributed by atoms with Crippen LogP contribution in [0.3, 0.4) is 0 Å². The lowest BCUT2D eigenvalue weighted by atomic mass is 10.1. The quantitative estimate of drug-likeness (QED) is 0.578. The van der Waals surface area contributed by atoms with Gasteiger partial charge >= 0.3 is 5.97 Å². The van der Waals surface area contributed by atoms with E-state index in [1.54, 1.807) is 0 Å². The van der Waals surface area contributed by atoms with Crippen LogP contribution in [0.25, 0.3) is 5.76 Å². The van der Waals surface area contributed by atoms with Crippen molar-refractivity contribution in [2.75, 3.05) is 0 Å². The third-order valence-corrected chi connectivity index (χ3v) is 3.65. The zero-order valence-corrected chi connectivity index (χ0v) is 9.87. The van der Waals surface area contributed by atoms with Gasteiger partial charge in [0.1, 0.15) is 0 Å². The van der Waals surface area contributed by atoms with Gasteiger partial charge in [-0.05, 0) is 35.0 Å². The number of hydrogen-bond acceptors (Lipinski definition) is 3. The molecule has 2 heterocycles. The molecule has 0 bridgehead atoms. The molecule has 2 nitrogen and oxygen atoms in total. The summed E-state index contributed by atoms with van der Waals surface area (Å²) in [5.74, 6) is 0.290. The van der Waals surface area contributed by atoms with Crippen LogP contribution >= 0.6 is 27.3 Å². The lowest BCUT2D eigenvalue weighted by Crippen LogP contribution is -1.95. The Hall–Kier alpha value is -0.870. The molecule has 1 aromatic rings. The van der Waals surface area contributed by atoms with Gasteiger partial charge in [0, 0.05) is 5.57 Å². The van der Waals surface area contributed by atoms with E-state index in [4.69, 9.17) is 4.74 Å². The summed E-state index contributed by atoms with van der Waals surface area (Å²) in [6.45, 7) is 5.50. The number of halogens is 1. The van der Waals surface area contributed by atoms with Crippen LogP contribution in [0, 0.1) is 0 Å². The number of carbonyl (C=O) groups excluding carboxylic acids is 1. The number of ether oxygens (including phenoxy) is 1. The second kappa shape index (κ2) is 3.37. The molecule has 1 aromatic heterocycles. The zero-order valence-electron chi connectivity index (χ0n) is 7.46. The van der Waals surface area contributed by atoms with Gasteiger partial charge in [-0.3, -0.25) is 0 Å². The molecule has 1 aliphatic heterocycles. The molecule has 0 radical (unpaired) electrons. The highest BCUT2D eigenvalue weighted by atomic mass is 79.9. The highest BCUT2D eigenvalue weighted by molar-refractivity contribution is 9.11. The smallest absolute Gasteiger partial charge is 0.343 e. The van der Waals surface area contributed by atoms with Gasteiger partial charge in [-0.1, -0.05) is 6.58 Å². The summed E-state index contributed by atoms with van der Waals surface area (Å²) in [5, 5.41) is 0. The van der Waals surface area contributed by atoms with Gasteiger partial charge in [0.25, 0.3) is 0 Å². The van der Waals surface area contributed by atoms with Gasteiger partial charge in [0.2, 0.25) is 0 Å². The Balaban J connectivity index is 2.46. The van der Waals surface area contributed by atoms with Crippen molar-refractivity contribution in [3.8, 4) is 0 Å². The lowest BCUT2D eigenvalue weighted by Gasteiger charge is -1.97. The molecule has 0 N–H and O–H groups in total. The fourth-order valence-corrected chi connectivity index (χ4v) is 2.62. The number of thiophene rings is 1. The lowest BCUT2D eigenvalue weighted by molar-refractivity contribution is -0.130. The van der Waals surface area contributed by atoms with Crippen LogP contribution in [0.5, 0.6) is 0 Å². The number of hydrogen-bond donors (Lipinski definition) is 0. The summed E-state index contributed by atoms with van der Waals surface area (Å²) in [6.07, 6.45) is 0. The maximum Gasteiger partial charge on any atom is 0.343 e. The van der Waals surface area contributed by atoms with Crippen molar-refractivity contribution in [2.45, 2.75) is 6.92 Å². The Morgan fingerprint density at radius 1 is 1.50 bits per heavy atom. The average Bonchev–Trinajstić information content (AvgIpc) is 2.66. The van der Waals surface area contributed by atoms with E-state index in [0.29, 0.717) is 11.3 Å². The molecule has 0 aliphatic carbocycles. The minimum absolute atomic E-state index is 0.345. The Labute approximate surface area is 94.0 Å². The molecule has 0 amide bonds. The fourth-order valence-electron chi connectivity index (χ4n) is 1.19. The highest BCUT2D eigenvalue weighted by Crippen LogP contribution is 2.36. The molecule has 0 spiro atoms. The number of carbonyl (C=O) groups is 1. The van der Waals surface area contributed by atoms with Crippen LogP contribution in [0.1, 0.15) is 11.8 Å². The van der Waals surface area contributed by atoms with Gasteiger partial charge in [-0.15, -0.1) is 11.3 Å². The molecule has 2 rings (SSSR count). The summed E-state index contributed by atoms with van der Waals surface area (Å²) >= 11 is 4.90. The molecule has 1 aliphatic rings. The molecule has 0 atom stereocenters. The average molecular weight is 271 g/mol. The molecule has 0 saturated heterocycles. The largest absolute Gasteiger partial charge is 0.421 e. The van der Waals surface area contributed by atoms with Gasteiger partial charge in [0.15, 0.2) is 5.76 Å². The van der Waals surface area contributed by atoms with E-state index in [1.807, 2.05) is 19.1 Å². The molecular weight excluding hydrogens is 264 g/mol. The van der Waals surface area contributed by atoms with Crippen LogP contribution in [-0.4, -0.2) is 5.97 Å². The molecule has 0 saturated carbocycles. The maximum absolute atomic E-state index is 11.2. The van der Waals surface area contributed by atoms with E-state index in [0.717, 1.165) is 14.2 Å². The predicted molar refractivity (Wildman–Crippen MR) is 59.8 cm³/mol. The Bertz CT molecular complexity index is 456. The van der Waals surface area contributed by atoms with Crippen molar-refractivity contribution in [3.63, 3.8) is 0 Å². The summed E-state index contributed by atoms with van der Waals surface area (Å²) in [7, 11) is 0. The third-order valence-electron chi connectivity index (χ3n) is 2.03. The van der Waals surface area contributed by atoms with Crippen molar-refractivity contribution in [1.82, 2.24) is 0 Å². The molecule has 72 valence electrons. The van der Waals surface area contributed by atoms with Gasteiger partial charge in [-0.25, -0.2) is 4.79 Å². The molecule has 14 heavy (non-hydrogen) atoms. The summed E-state index contributed by atoms with van der Waals surface area (Å²) < 4.78 is 6.13. The van der Waals surface area contributed by atoms with Crippen LogP contribution < -0.4 is 0 Å². The Morgan fingerprint density at radius 3 is 2.64 bits per heavy atom. The first-order valence-corrected chi connectivity index (χ1v) is 5.58. The van der Waals surface area contributed by atoms with Crippen molar-refractivity contribution in [2.24, 2.45) is 0 Å². The minimum atomic E-state index is -0.345. The van der Waals surface area contributed by atoms with Crippen LogP contribution in [-0.2, 0) is 9.53 Å². The topological polar surface area (TPSA) is 26.3 Å². The normalized spacial score (nSPS) is 16.4. The number of esters is 1. The second-order valence-electron chi connectivity index (χ2n) is 2.93. The van der Waals surface area contributed by atoms with E-state index in [2.05, 4.69) is 22.5 Å². The molecule has 0 unspecified atom stereocenters. The monoisotopic (exact) mass is 270 g/mol. The van der Waals surface area contributed by atoms with E-state index < -0.39 is 0 Å². The number of rotatable bonds is 1. The van der Waals surface area contributed by atoms with Crippen molar-refractivity contribution in [1.29, 1.82) is 0 Å². The standard InChI is InChI=1S/C10H7BrO2S/c1-5-6(2)10(12)13-9(5)7-3-4-8(11)14-7/h3-4H,2H2,1H3. The summed E-state index contributed by atoms with van der Waals surface area (Å²) in [5.41, 5.74) is 1.27. The first kappa shape index (κ1) is 9.68. The van der Waals surface area contributed by atoms with Crippen molar-refractivity contribution < 1.29 is 9.53 Å². The van der Waals surface area contributed by atoms with Gasteiger partial charge in [0.05, 0.1) is 14.2 Å². The molecular formula is C10H7BrO2S. The fraction of sp³-hybridized carbons (Fsp3) is 0.100. The van der Waals surface area contributed by atoms with E-state index in [9.17, 15) is 4.79 Å². The minimum Gasteiger partial charge on any atom is -0.421 e. The SMILES string of the molecule is C=C1C(=O)OC(c2ccc(Br)s2)=C1C. The molecule has 4 heteroatoms. The summed E-state index contributed by atoms with van der Waals surface area (Å²) in [6, 6.07) is 3.84. The Kier molecular flexibility index (Phi) is 2.33. The van der Waals surface area contributed by atoms with E-state index >= 15 is 0 Å². The first-order chi connectivity index (χ1) is 6.59. The van der Waals surface area contributed by atoms with Crippen molar-refractivity contribution >= 4 is 39.0 Å². The molecule has 0 fully saturated rings. The zero-order chi connectivity index (χ0) is 10.3. The van der Waals surface area contributed by atoms with Crippen LogP contribution in [0.15, 0.2) is 33.6 Å².